The van der Waals surface area contributed by atoms with Gasteiger partial charge in [0, 0.05) is 45.0 Å². The summed E-state index contributed by atoms with van der Waals surface area (Å²) in [5.41, 5.74) is 0.620. The number of rotatable bonds is 4. The number of para-hydroxylation sites is 1. The van der Waals surface area contributed by atoms with Gasteiger partial charge in [0.05, 0.1) is 0 Å². The summed E-state index contributed by atoms with van der Waals surface area (Å²) in [6.45, 7) is 5.16. The quantitative estimate of drug-likeness (QED) is 0.657. The van der Waals surface area contributed by atoms with E-state index in [0.29, 0.717) is 12.2 Å². The molecule has 6 nitrogen and oxygen atoms in total. The highest BCUT2D eigenvalue weighted by Crippen LogP contribution is 2.04. The number of anilines is 1. The minimum absolute atomic E-state index is 0.487. The van der Waals surface area contributed by atoms with Crippen LogP contribution in [0.5, 0.6) is 0 Å². The molecule has 0 aliphatic carbocycles. The Morgan fingerprint density at radius 1 is 1.10 bits per heavy atom. The van der Waals surface area contributed by atoms with Crippen molar-refractivity contribution in [1.82, 2.24) is 15.5 Å². The van der Waals surface area contributed by atoms with Gasteiger partial charge in [-0.15, -0.1) is 0 Å². The number of hydrogen-bond acceptors (Lipinski definition) is 4. The van der Waals surface area contributed by atoms with Crippen molar-refractivity contribution in [2.24, 2.45) is 0 Å². The molecule has 2 rings (SSSR count). The molecule has 108 valence electrons. The zero-order valence-corrected chi connectivity index (χ0v) is 11.4. The van der Waals surface area contributed by atoms with Gasteiger partial charge >= 0.3 is 11.8 Å². The van der Waals surface area contributed by atoms with E-state index in [-0.39, 0.29) is 0 Å². The van der Waals surface area contributed by atoms with Crippen LogP contribution in [0, 0.1) is 0 Å². The minimum Gasteiger partial charge on any atom is -0.347 e. The SMILES string of the molecule is O=C(NCCN1CCNCC1)C(=O)Nc1ccccc1. The summed E-state index contributed by atoms with van der Waals surface area (Å²) in [6, 6.07) is 8.94. The summed E-state index contributed by atoms with van der Waals surface area (Å²) >= 11 is 0. The molecule has 6 heteroatoms. The van der Waals surface area contributed by atoms with E-state index >= 15 is 0 Å². The highest BCUT2D eigenvalue weighted by Gasteiger charge is 2.14. The van der Waals surface area contributed by atoms with Crippen LogP contribution in [-0.4, -0.2) is 56.0 Å². The Morgan fingerprint density at radius 2 is 1.80 bits per heavy atom. The van der Waals surface area contributed by atoms with E-state index in [4.69, 9.17) is 0 Å². The van der Waals surface area contributed by atoms with Gasteiger partial charge in [0.2, 0.25) is 0 Å². The van der Waals surface area contributed by atoms with E-state index in [0.717, 1.165) is 32.7 Å². The van der Waals surface area contributed by atoms with Gasteiger partial charge < -0.3 is 16.0 Å². The molecular formula is C14H20N4O2. The number of amides is 2. The van der Waals surface area contributed by atoms with Gasteiger partial charge in [-0.2, -0.15) is 0 Å². The number of piperazine rings is 1. The van der Waals surface area contributed by atoms with Crippen LogP contribution in [0.25, 0.3) is 0 Å². The van der Waals surface area contributed by atoms with E-state index in [1.807, 2.05) is 6.07 Å². The van der Waals surface area contributed by atoms with Crippen molar-refractivity contribution in [3.63, 3.8) is 0 Å². The van der Waals surface area contributed by atoms with E-state index < -0.39 is 11.8 Å². The molecule has 20 heavy (non-hydrogen) atoms. The number of nitrogens with one attached hydrogen (secondary N) is 3. The third-order valence-corrected chi connectivity index (χ3v) is 3.16. The highest BCUT2D eigenvalue weighted by molar-refractivity contribution is 6.39. The maximum atomic E-state index is 11.6. The number of carbonyl (C=O) groups is 2. The molecular weight excluding hydrogens is 256 g/mol. The molecule has 0 unspecified atom stereocenters. The van der Waals surface area contributed by atoms with Gasteiger partial charge in [0.25, 0.3) is 0 Å². The molecule has 1 aromatic carbocycles. The molecule has 1 aliphatic rings. The minimum atomic E-state index is -0.628. The van der Waals surface area contributed by atoms with Gasteiger partial charge in [-0.25, -0.2) is 0 Å². The Hall–Kier alpha value is -1.92. The van der Waals surface area contributed by atoms with E-state index in [9.17, 15) is 9.59 Å². The predicted molar refractivity (Wildman–Crippen MR) is 77.4 cm³/mol. The first-order valence-electron chi connectivity index (χ1n) is 6.83. The Kier molecular flexibility index (Phi) is 5.52. The Balaban J connectivity index is 1.67. The first kappa shape index (κ1) is 14.5. The summed E-state index contributed by atoms with van der Waals surface area (Å²) in [4.78, 5) is 25.5. The summed E-state index contributed by atoms with van der Waals surface area (Å²) < 4.78 is 0. The molecule has 2 amide bonds. The highest BCUT2D eigenvalue weighted by atomic mass is 16.2. The van der Waals surface area contributed by atoms with Crippen LogP contribution in [0.3, 0.4) is 0 Å². The van der Waals surface area contributed by atoms with Crippen LogP contribution in [0.1, 0.15) is 0 Å². The molecule has 3 N–H and O–H groups in total. The summed E-state index contributed by atoms with van der Waals surface area (Å²) in [5.74, 6) is -1.22. The van der Waals surface area contributed by atoms with Crippen LogP contribution >= 0.6 is 0 Å². The molecule has 0 bridgehead atoms. The van der Waals surface area contributed by atoms with Crippen LogP contribution < -0.4 is 16.0 Å². The average molecular weight is 276 g/mol. The third kappa shape index (κ3) is 4.64. The van der Waals surface area contributed by atoms with Crippen molar-refractivity contribution in [2.45, 2.75) is 0 Å². The van der Waals surface area contributed by atoms with Gasteiger partial charge in [-0.05, 0) is 12.1 Å². The van der Waals surface area contributed by atoms with Crippen molar-refractivity contribution in [3.05, 3.63) is 30.3 Å². The number of carbonyl (C=O) groups excluding carboxylic acids is 2. The molecule has 1 heterocycles. The smallest absolute Gasteiger partial charge is 0.313 e. The van der Waals surface area contributed by atoms with Crippen molar-refractivity contribution >= 4 is 17.5 Å². The molecule has 0 atom stereocenters. The molecule has 0 saturated carbocycles. The normalized spacial score (nSPS) is 15.6. The lowest BCUT2D eigenvalue weighted by Crippen LogP contribution is -2.47. The summed E-state index contributed by atoms with van der Waals surface area (Å²) in [6.07, 6.45) is 0. The van der Waals surface area contributed by atoms with Crippen LogP contribution in [0.15, 0.2) is 30.3 Å². The lowest BCUT2D eigenvalue weighted by atomic mass is 10.3. The maximum Gasteiger partial charge on any atom is 0.313 e. The van der Waals surface area contributed by atoms with Crippen molar-refractivity contribution in [2.75, 3.05) is 44.6 Å². The fraction of sp³-hybridized carbons (Fsp3) is 0.429. The van der Waals surface area contributed by atoms with E-state index in [2.05, 4.69) is 20.9 Å². The lowest BCUT2D eigenvalue weighted by Gasteiger charge is -2.26. The molecule has 0 aromatic heterocycles. The van der Waals surface area contributed by atoms with Crippen molar-refractivity contribution < 1.29 is 9.59 Å². The topological polar surface area (TPSA) is 73.5 Å². The predicted octanol–water partition coefficient (Wildman–Crippen LogP) is -0.353. The van der Waals surface area contributed by atoms with Crippen LogP contribution in [0.2, 0.25) is 0 Å². The van der Waals surface area contributed by atoms with Gasteiger partial charge in [-0.3, -0.25) is 14.5 Å². The Labute approximate surface area is 118 Å². The fourth-order valence-corrected chi connectivity index (χ4v) is 2.05. The van der Waals surface area contributed by atoms with Crippen molar-refractivity contribution in [3.8, 4) is 0 Å². The number of hydrogen-bond donors (Lipinski definition) is 3. The first-order valence-corrected chi connectivity index (χ1v) is 6.83. The molecule has 1 aromatic rings. The maximum absolute atomic E-state index is 11.6. The summed E-state index contributed by atoms with van der Waals surface area (Å²) in [5, 5.41) is 8.46. The standard InChI is InChI=1S/C14H20N4O2/c19-13(14(20)17-12-4-2-1-3-5-12)16-8-11-18-9-6-15-7-10-18/h1-5,15H,6-11H2,(H,16,19)(H,17,20). The third-order valence-electron chi connectivity index (χ3n) is 3.16. The Morgan fingerprint density at radius 3 is 2.50 bits per heavy atom. The molecule has 1 fully saturated rings. The molecule has 1 saturated heterocycles. The summed E-state index contributed by atoms with van der Waals surface area (Å²) in [7, 11) is 0. The van der Waals surface area contributed by atoms with E-state index in [1.54, 1.807) is 24.3 Å². The van der Waals surface area contributed by atoms with Crippen LogP contribution in [0.4, 0.5) is 5.69 Å². The van der Waals surface area contributed by atoms with Crippen LogP contribution in [-0.2, 0) is 9.59 Å². The van der Waals surface area contributed by atoms with Gasteiger partial charge in [0.1, 0.15) is 0 Å². The monoisotopic (exact) mass is 276 g/mol. The second-order valence-corrected chi connectivity index (χ2v) is 4.67. The molecule has 0 radical (unpaired) electrons. The zero-order valence-electron chi connectivity index (χ0n) is 11.4. The lowest BCUT2D eigenvalue weighted by molar-refractivity contribution is -0.136. The van der Waals surface area contributed by atoms with Gasteiger partial charge in [-0.1, -0.05) is 18.2 Å². The second-order valence-electron chi connectivity index (χ2n) is 4.67. The fourth-order valence-electron chi connectivity index (χ4n) is 2.05. The Bertz CT molecular complexity index is 444. The number of benzene rings is 1. The van der Waals surface area contributed by atoms with Gasteiger partial charge in [0.15, 0.2) is 0 Å². The molecule has 0 spiro atoms. The zero-order chi connectivity index (χ0) is 14.2. The first-order chi connectivity index (χ1) is 9.75. The largest absolute Gasteiger partial charge is 0.347 e. The average Bonchev–Trinajstić information content (AvgIpc) is 2.49. The van der Waals surface area contributed by atoms with E-state index in [1.165, 1.54) is 0 Å². The number of nitrogens with zero attached hydrogens (tertiary/aromatic N) is 1. The second kappa shape index (κ2) is 7.62. The molecule has 1 aliphatic heterocycles. The van der Waals surface area contributed by atoms with Crippen molar-refractivity contribution in [1.29, 1.82) is 0 Å².